The number of methoxy groups -OCH3 is 1. The number of fused-ring (bicyclic) bond motifs is 1. The number of urea groups is 1. The molecule has 0 radical (unpaired) electrons. The normalized spacial score (nSPS) is 18.4. The van der Waals surface area contributed by atoms with E-state index in [2.05, 4.69) is 47.2 Å². The Hall–Kier alpha value is -6.66. The standard InChI is InChI=1S/C50H62ClFN12O9S/c1-70-49(68)43-39(58-46(31-15-18-54-19-16-31)60-44(43)36-14-11-33(52)26-37(36)51)29-73-28-35-27-64(63-62-35)21-23-72-25-24-71-22-20-56-48(67)38(6-4-5-17-55-47(66)32-9-12-34(53)13-10-32)57-42(65)8-3-2-7-41-45-40(30-74-41)59-50(69)61-45/h9-16,18-19,26-27,38,40-41,44-45H,2-8,17,20-25,28-30,53H2,1H3,(H,55,66)(H,56,67)(H,57,65)(H,58,60)(H2,59,61,69)/t38-,40-,41-,44?,45-/m0/s1. The fraction of sp³-hybridized carbons (Fsp3) is 0.460. The van der Waals surface area contributed by atoms with Crippen LogP contribution in [0, 0.1) is 5.82 Å². The first kappa shape index (κ1) is 55.1. The Balaban J connectivity index is 0.799. The number of rotatable bonds is 29. The van der Waals surface area contributed by atoms with Crippen LogP contribution in [-0.4, -0.2) is 138 Å². The number of hydrogen-bond donors (Lipinski definition) is 7. The smallest absolute Gasteiger partial charge is 0.338 e. The Morgan fingerprint density at radius 3 is 2.51 bits per heavy atom. The number of pyridine rings is 1. The third-order valence-electron chi connectivity index (χ3n) is 12.3. The first-order valence-electron chi connectivity index (χ1n) is 24.5. The van der Waals surface area contributed by atoms with Crippen molar-refractivity contribution in [3.8, 4) is 0 Å². The van der Waals surface area contributed by atoms with Crippen molar-refractivity contribution in [3.63, 3.8) is 0 Å². The number of ether oxygens (including phenoxy) is 4. The molecule has 21 nitrogen and oxygen atoms in total. The molecule has 24 heteroatoms. The number of aromatic nitrogens is 4. The van der Waals surface area contributed by atoms with E-state index in [9.17, 15) is 28.4 Å². The number of nitrogens with one attached hydrogen (secondary N) is 6. The Morgan fingerprint density at radius 2 is 1.73 bits per heavy atom. The summed E-state index contributed by atoms with van der Waals surface area (Å²) in [6.45, 7) is 2.11. The molecule has 0 saturated carbocycles. The number of carbonyl (C=O) groups is 5. The molecule has 0 spiro atoms. The minimum absolute atomic E-state index is 0.0514. The van der Waals surface area contributed by atoms with Crippen molar-refractivity contribution in [2.24, 2.45) is 4.99 Å². The number of nitrogens with zero attached hydrogens (tertiary/aromatic N) is 5. The van der Waals surface area contributed by atoms with Crippen LogP contribution in [0.5, 0.6) is 0 Å². The summed E-state index contributed by atoms with van der Waals surface area (Å²) in [6, 6.07) is 12.5. The molecular weight excluding hydrogens is 999 g/mol. The summed E-state index contributed by atoms with van der Waals surface area (Å²) in [4.78, 5) is 72.7. The van der Waals surface area contributed by atoms with Gasteiger partial charge in [0.1, 0.15) is 29.4 Å². The van der Waals surface area contributed by atoms with Gasteiger partial charge in [0.05, 0.1) is 82.8 Å². The minimum atomic E-state index is -0.929. The van der Waals surface area contributed by atoms with Crippen molar-refractivity contribution in [1.82, 2.24) is 51.9 Å². The Morgan fingerprint density at radius 1 is 0.932 bits per heavy atom. The van der Waals surface area contributed by atoms with Crippen LogP contribution in [0.15, 0.2) is 89.5 Å². The first-order valence-corrected chi connectivity index (χ1v) is 25.9. The number of esters is 1. The first-order chi connectivity index (χ1) is 35.9. The molecule has 7 rings (SSSR count). The lowest BCUT2D eigenvalue weighted by Crippen LogP contribution is -2.47. The zero-order valence-electron chi connectivity index (χ0n) is 41.0. The number of nitrogen functional groups attached to an aromatic ring is 1. The summed E-state index contributed by atoms with van der Waals surface area (Å²) in [7, 11) is 1.26. The number of hydrogen-bond acceptors (Lipinski definition) is 16. The molecule has 8 N–H and O–H groups in total. The lowest BCUT2D eigenvalue weighted by atomic mass is 9.95. The Labute approximate surface area is 437 Å². The topological polar surface area (TPSA) is 276 Å². The Kier molecular flexibility index (Phi) is 20.9. The van der Waals surface area contributed by atoms with E-state index in [4.69, 9.17) is 41.3 Å². The lowest BCUT2D eigenvalue weighted by Gasteiger charge is -2.28. The molecule has 5 heterocycles. The number of nitrogens with two attached hydrogens (primary N) is 1. The van der Waals surface area contributed by atoms with Crippen LogP contribution in [0.2, 0.25) is 5.02 Å². The maximum Gasteiger partial charge on any atom is 0.338 e. The number of benzene rings is 2. The third kappa shape index (κ3) is 16.2. The summed E-state index contributed by atoms with van der Waals surface area (Å²) in [6.07, 6.45) is 9.13. The minimum Gasteiger partial charge on any atom is -0.466 e. The van der Waals surface area contributed by atoms with Gasteiger partial charge >= 0.3 is 12.0 Å². The van der Waals surface area contributed by atoms with Gasteiger partial charge in [0.15, 0.2) is 0 Å². The van der Waals surface area contributed by atoms with Crippen LogP contribution in [-0.2, 0) is 46.5 Å². The molecule has 0 bridgehead atoms. The summed E-state index contributed by atoms with van der Waals surface area (Å²) in [5.41, 5.74) is 8.95. The maximum absolute atomic E-state index is 14.0. The van der Waals surface area contributed by atoms with Crippen molar-refractivity contribution < 1.29 is 47.3 Å². The van der Waals surface area contributed by atoms with Gasteiger partial charge in [-0.3, -0.25) is 24.4 Å². The van der Waals surface area contributed by atoms with Crippen molar-refractivity contribution in [1.29, 1.82) is 0 Å². The fourth-order valence-electron chi connectivity index (χ4n) is 8.51. The molecule has 4 aromatic rings. The monoisotopic (exact) mass is 1060 g/mol. The molecule has 2 aromatic heterocycles. The summed E-state index contributed by atoms with van der Waals surface area (Å²) < 4.78 is 38.2. The highest BCUT2D eigenvalue weighted by atomic mass is 35.5. The summed E-state index contributed by atoms with van der Waals surface area (Å²) in [5, 5.41) is 26.6. The van der Waals surface area contributed by atoms with Crippen LogP contribution in [0.25, 0.3) is 0 Å². The van der Waals surface area contributed by atoms with Crippen molar-refractivity contribution in [2.45, 2.75) is 87.5 Å². The van der Waals surface area contributed by atoms with Gasteiger partial charge in [0, 0.05) is 70.3 Å². The molecule has 2 fully saturated rings. The second kappa shape index (κ2) is 28.1. The zero-order valence-corrected chi connectivity index (χ0v) is 42.6. The summed E-state index contributed by atoms with van der Waals surface area (Å²) in [5.74, 6) is -0.646. The van der Waals surface area contributed by atoms with Crippen LogP contribution < -0.4 is 37.6 Å². The van der Waals surface area contributed by atoms with Crippen LogP contribution >= 0.6 is 23.4 Å². The van der Waals surface area contributed by atoms with Crippen LogP contribution in [0.3, 0.4) is 0 Å². The maximum atomic E-state index is 14.0. The van der Waals surface area contributed by atoms with E-state index in [1.54, 1.807) is 59.7 Å². The van der Waals surface area contributed by atoms with E-state index in [1.165, 1.54) is 19.2 Å². The van der Waals surface area contributed by atoms with Crippen LogP contribution in [0.4, 0.5) is 14.9 Å². The molecule has 74 heavy (non-hydrogen) atoms. The average Bonchev–Trinajstić information content (AvgIpc) is 4.13. The number of amides is 5. The second-order valence-electron chi connectivity index (χ2n) is 17.6. The third-order valence-corrected chi connectivity index (χ3v) is 14.2. The molecule has 1 unspecified atom stereocenters. The predicted molar refractivity (Wildman–Crippen MR) is 274 cm³/mol. The van der Waals surface area contributed by atoms with Gasteiger partial charge < -0.3 is 56.6 Å². The van der Waals surface area contributed by atoms with Gasteiger partial charge in [-0.1, -0.05) is 29.3 Å². The number of anilines is 1. The fourth-order valence-corrected chi connectivity index (χ4v) is 10.3. The zero-order chi connectivity index (χ0) is 52.2. The van der Waals surface area contributed by atoms with Gasteiger partial charge in [-0.2, -0.15) is 11.8 Å². The quantitative estimate of drug-likeness (QED) is 0.0177. The molecule has 396 valence electrons. The molecule has 5 amide bonds. The van der Waals surface area contributed by atoms with Crippen molar-refractivity contribution >= 4 is 64.6 Å². The Bertz CT molecular complexity index is 2610. The van der Waals surface area contributed by atoms with Crippen molar-refractivity contribution in [2.75, 3.05) is 64.7 Å². The SMILES string of the molecule is COC(=O)C1=C(COCc2cn(CCOCCOCCNC(=O)[C@H](CCCCNC(=O)c3ccc(N)cc3)NC(=O)CCCC[C@@H]3SC[C@@H]4NC(=O)N[C@@H]43)nn2)NC(c2ccncc2)=NC1c1ccc(F)cc1Cl. The highest BCUT2D eigenvalue weighted by Gasteiger charge is 2.42. The van der Waals surface area contributed by atoms with Gasteiger partial charge in [0.25, 0.3) is 5.91 Å². The largest absolute Gasteiger partial charge is 0.466 e. The van der Waals surface area contributed by atoms with E-state index < -0.39 is 23.9 Å². The van der Waals surface area contributed by atoms with E-state index in [1.807, 2.05) is 11.8 Å². The highest BCUT2D eigenvalue weighted by molar-refractivity contribution is 8.00. The number of amidine groups is 1. The predicted octanol–water partition coefficient (Wildman–Crippen LogP) is 3.74. The molecule has 5 atom stereocenters. The lowest BCUT2D eigenvalue weighted by molar-refractivity contribution is -0.136. The summed E-state index contributed by atoms with van der Waals surface area (Å²) >= 11 is 8.30. The molecule has 2 saturated heterocycles. The van der Waals surface area contributed by atoms with Gasteiger partial charge in [-0.15, -0.1) is 5.10 Å². The van der Waals surface area contributed by atoms with Gasteiger partial charge in [-0.05, 0) is 80.6 Å². The molecule has 0 aliphatic carbocycles. The highest BCUT2D eigenvalue weighted by Crippen LogP contribution is 2.37. The number of aliphatic imine (C=N–C) groups is 1. The number of unbranched alkanes of at least 4 members (excludes halogenated alkanes) is 2. The van der Waals surface area contributed by atoms with E-state index >= 15 is 0 Å². The second-order valence-corrected chi connectivity index (χ2v) is 19.3. The van der Waals surface area contributed by atoms with Crippen molar-refractivity contribution in [3.05, 3.63) is 118 Å². The van der Waals surface area contributed by atoms with Crippen LogP contribution in [0.1, 0.15) is 78.2 Å². The molecule has 3 aliphatic heterocycles. The molecule has 3 aliphatic rings. The number of halogens is 2. The number of thioether (sulfide) groups is 1. The van der Waals surface area contributed by atoms with E-state index in [0.717, 1.165) is 24.7 Å². The average molecular weight is 1060 g/mol. The van der Waals surface area contributed by atoms with E-state index in [-0.39, 0.29) is 92.4 Å². The van der Waals surface area contributed by atoms with E-state index in [0.29, 0.717) is 90.2 Å². The van der Waals surface area contributed by atoms with Gasteiger partial charge in [0.2, 0.25) is 11.8 Å². The molecule has 2 aromatic carbocycles. The molecular formula is C50H62ClFN12O9S. The van der Waals surface area contributed by atoms with Gasteiger partial charge in [-0.25, -0.2) is 18.7 Å². The number of carbonyl (C=O) groups excluding carboxylic acids is 5.